The molecule has 0 atom stereocenters. The molecule has 0 spiro atoms. The smallest absolute Gasteiger partial charge is 0.240 e. The molecule has 16 heteroatoms. The number of hydrogen-bond acceptors (Lipinski definition) is 12. The number of aromatic amines is 1. The molecule has 182 valence electrons. The summed E-state index contributed by atoms with van der Waals surface area (Å²) in [6.07, 6.45) is 3.65. The van der Waals surface area contributed by atoms with Crippen molar-refractivity contribution in [2.75, 3.05) is 13.1 Å². The molecule has 14 nitrogen and oxygen atoms in total. The highest BCUT2D eigenvalue weighted by atomic mass is 32.2. The zero-order chi connectivity index (χ0) is 25.1. The maximum absolute atomic E-state index is 13.1. The minimum Gasteiger partial charge on any atom is -0.550 e. The summed E-state index contributed by atoms with van der Waals surface area (Å²) in [5.74, 6) is -0.597. The van der Waals surface area contributed by atoms with Gasteiger partial charge in [0.2, 0.25) is 15.8 Å². The third-order valence-corrected chi connectivity index (χ3v) is 8.08. The number of sulfonamides is 1. The minimum absolute atomic E-state index is 0.0764. The summed E-state index contributed by atoms with van der Waals surface area (Å²) in [7, 11) is -8.47. The number of sulfone groups is 1. The summed E-state index contributed by atoms with van der Waals surface area (Å²) < 4.78 is 51.4. The molecule has 0 saturated carbocycles. The van der Waals surface area contributed by atoms with Crippen molar-refractivity contribution in [2.45, 2.75) is 35.3 Å². The van der Waals surface area contributed by atoms with Crippen molar-refractivity contribution in [1.29, 1.82) is 0 Å². The van der Waals surface area contributed by atoms with Gasteiger partial charge in [-0.3, -0.25) is 0 Å². The fourth-order valence-corrected chi connectivity index (χ4v) is 6.32. The van der Waals surface area contributed by atoms with Gasteiger partial charge < -0.3 is 15.2 Å². The first kappa shape index (κ1) is 25.3. The SMILES string of the molecule is CC(=O)[O-].CCc1ncc(-c2ccc(S(=O)(=O)C3CNC3)c(S(N)(=O)=O)c2-c2nn[nH]n2)cn1. The van der Waals surface area contributed by atoms with E-state index >= 15 is 0 Å². The number of primary sulfonamides is 1. The Labute approximate surface area is 195 Å². The van der Waals surface area contributed by atoms with Gasteiger partial charge in [0.1, 0.15) is 10.7 Å². The van der Waals surface area contributed by atoms with Crippen LogP contribution >= 0.6 is 0 Å². The Hall–Kier alpha value is -3.34. The third-order valence-electron chi connectivity index (χ3n) is 4.80. The number of H-pyrrole nitrogens is 1. The molecular formula is C18H21N8O6S2-. The number of rotatable bonds is 6. The molecule has 0 aliphatic carbocycles. The van der Waals surface area contributed by atoms with E-state index in [4.69, 9.17) is 15.0 Å². The van der Waals surface area contributed by atoms with Crippen LogP contribution in [0.5, 0.6) is 0 Å². The highest BCUT2D eigenvalue weighted by molar-refractivity contribution is 7.94. The number of nitrogens with zero attached hydrogens (tertiary/aromatic N) is 5. The van der Waals surface area contributed by atoms with Gasteiger partial charge in [0.05, 0.1) is 15.7 Å². The maximum Gasteiger partial charge on any atom is 0.240 e. The van der Waals surface area contributed by atoms with Crippen LogP contribution in [0.25, 0.3) is 22.5 Å². The van der Waals surface area contributed by atoms with Gasteiger partial charge in [-0.05, 0) is 23.8 Å². The molecule has 34 heavy (non-hydrogen) atoms. The van der Waals surface area contributed by atoms with E-state index in [2.05, 4.69) is 35.9 Å². The fourth-order valence-electron chi connectivity index (χ4n) is 3.14. The molecule has 4 rings (SSSR count). The molecule has 1 aliphatic heterocycles. The summed E-state index contributed by atoms with van der Waals surface area (Å²) in [5, 5.41) is 30.0. The Bertz CT molecular complexity index is 1380. The Balaban J connectivity index is 0.000000751. The van der Waals surface area contributed by atoms with Crippen LogP contribution in [0, 0.1) is 0 Å². The number of benzene rings is 1. The van der Waals surface area contributed by atoms with Gasteiger partial charge in [0.25, 0.3) is 0 Å². The number of aliphatic carboxylic acids is 1. The van der Waals surface area contributed by atoms with Crippen LogP contribution in [0.3, 0.4) is 0 Å². The van der Waals surface area contributed by atoms with Crippen molar-refractivity contribution < 1.29 is 26.7 Å². The lowest BCUT2D eigenvalue weighted by molar-refractivity contribution is -0.302. The molecular weight excluding hydrogens is 488 g/mol. The van der Waals surface area contributed by atoms with E-state index in [1.165, 1.54) is 24.5 Å². The Morgan fingerprint density at radius 2 is 1.79 bits per heavy atom. The number of aryl methyl sites for hydroxylation is 1. The second-order valence-electron chi connectivity index (χ2n) is 7.15. The molecule has 0 unspecified atom stereocenters. The van der Waals surface area contributed by atoms with Crippen LogP contribution in [0.2, 0.25) is 0 Å². The van der Waals surface area contributed by atoms with Crippen LogP contribution in [0.15, 0.2) is 34.3 Å². The van der Waals surface area contributed by atoms with Gasteiger partial charge in [-0.15, -0.1) is 10.2 Å². The van der Waals surface area contributed by atoms with Crippen molar-refractivity contribution in [3.8, 4) is 22.5 Å². The van der Waals surface area contributed by atoms with E-state index in [1.54, 1.807) is 0 Å². The van der Waals surface area contributed by atoms with E-state index < -0.39 is 40.9 Å². The second-order valence-corrected chi connectivity index (χ2v) is 10.8. The van der Waals surface area contributed by atoms with Crippen LogP contribution in [0.1, 0.15) is 19.7 Å². The largest absolute Gasteiger partial charge is 0.550 e. The molecule has 4 N–H and O–H groups in total. The first-order chi connectivity index (χ1) is 16.0. The number of aromatic nitrogens is 6. The van der Waals surface area contributed by atoms with Crippen LogP contribution in [-0.4, -0.2) is 71.7 Å². The van der Waals surface area contributed by atoms with Crippen molar-refractivity contribution in [1.82, 2.24) is 35.9 Å². The average Bonchev–Trinajstić information content (AvgIpc) is 3.24. The lowest BCUT2D eigenvalue weighted by atomic mass is 10.0. The quantitative estimate of drug-likeness (QED) is 0.329. The number of carbonyl (C=O) groups excluding carboxylic acids is 1. The average molecular weight is 510 g/mol. The highest BCUT2D eigenvalue weighted by Gasteiger charge is 2.38. The van der Waals surface area contributed by atoms with Gasteiger partial charge in [0.15, 0.2) is 9.84 Å². The highest BCUT2D eigenvalue weighted by Crippen LogP contribution is 2.39. The van der Waals surface area contributed by atoms with Crippen LogP contribution < -0.4 is 15.6 Å². The van der Waals surface area contributed by atoms with Gasteiger partial charge in [-0.1, -0.05) is 13.0 Å². The van der Waals surface area contributed by atoms with E-state index in [0.717, 1.165) is 6.92 Å². The summed E-state index contributed by atoms with van der Waals surface area (Å²) in [6.45, 7) is 3.31. The first-order valence-electron chi connectivity index (χ1n) is 9.83. The van der Waals surface area contributed by atoms with Crippen molar-refractivity contribution in [3.05, 3.63) is 30.4 Å². The fraction of sp³-hybridized carbons (Fsp3) is 0.333. The maximum atomic E-state index is 13.1. The number of nitrogens with one attached hydrogen (secondary N) is 2. The Morgan fingerprint density at radius 1 is 1.18 bits per heavy atom. The summed E-state index contributed by atoms with van der Waals surface area (Å²) in [6, 6.07) is 2.71. The number of nitrogens with two attached hydrogens (primary N) is 1. The van der Waals surface area contributed by atoms with Crippen LogP contribution in [0.4, 0.5) is 0 Å². The van der Waals surface area contributed by atoms with Crippen molar-refractivity contribution in [3.63, 3.8) is 0 Å². The van der Waals surface area contributed by atoms with Gasteiger partial charge in [-0.25, -0.2) is 31.9 Å². The molecule has 1 saturated heterocycles. The Kier molecular flexibility index (Phi) is 7.35. The minimum atomic E-state index is -4.50. The van der Waals surface area contributed by atoms with E-state index in [-0.39, 0.29) is 24.5 Å². The van der Waals surface area contributed by atoms with Crippen molar-refractivity contribution >= 4 is 25.8 Å². The lowest BCUT2D eigenvalue weighted by Gasteiger charge is -2.28. The number of tetrazole rings is 1. The van der Waals surface area contributed by atoms with E-state index in [0.29, 0.717) is 23.4 Å². The normalized spacial score (nSPS) is 14.1. The molecule has 0 radical (unpaired) electrons. The number of hydrogen-bond donors (Lipinski definition) is 3. The molecule has 1 fully saturated rings. The predicted octanol–water partition coefficient (Wildman–Crippen LogP) is -1.96. The van der Waals surface area contributed by atoms with Gasteiger partial charge in [0, 0.05) is 43.4 Å². The zero-order valence-corrected chi connectivity index (χ0v) is 19.7. The molecule has 1 aromatic carbocycles. The topological polar surface area (TPSA) is 227 Å². The van der Waals surface area contributed by atoms with Gasteiger partial charge in [-0.2, -0.15) is 5.21 Å². The monoisotopic (exact) mass is 509 g/mol. The number of carboxylic acid groups (broad SMARTS) is 1. The van der Waals surface area contributed by atoms with Crippen molar-refractivity contribution in [2.24, 2.45) is 5.14 Å². The second kappa shape index (κ2) is 9.88. The molecule has 3 heterocycles. The molecule has 3 aromatic rings. The van der Waals surface area contributed by atoms with Crippen LogP contribution in [-0.2, 0) is 31.1 Å². The molecule has 1 aliphatic rings. The van der Waals surface area contributed by atoms with E-state index in [9.17, 15) is 16.8 Å². The van der Waals surface area contributed by atoms with E-state index in [1.807, 2.05) is 6.92 Å². The standard InChI is InChI=1S/C16H18N8O4S2.C2H4O2/c1-2-13-19-5-9(6-20-13)11-3-4-12(29(25,26)10-7-18-8-10)15(30(17,27)28)14(11)16-21-23-24-22-16;1-2(3)4/h3-6,10,18H,2,7-8H2,1H3,(H2,17,27,28)(H,21,22,23,24);1H3,(H,3,4)/p-1. The summed E-state index contributed by atoms with van der Waals surface area (Å²) >= 11 is 0. The summed E-state index contributed by atoms with van der Waals surface area (Å²) in [5.41, 5.74) is 0.687. The number of carbonyl (C=O) groups is 1. The zero-order valence-electron chi connectivity index (χ0n) is 18.1. The first-order valence-corrected chi connectivity index (χ1v) is 12.9. The summed E-state index contributed by atoms with van der Waals surface area (Å²) in [4.78, 5) is 16.4. The molecule has 0 amide bonds. The lowest BCUT2D eigenvalue weighted by Crippen LogP contribution is -2.51. The third kappa shape index (κ3) is 5.24. The Morgan fingerprint density at radius 3 is 2.24 bits per heavy atom. The molecule has 0 bridgehead atoms. The van der Waals surface area contributed by atoms with Gasteiger partial charge >= 0.3 is 0 Å². The molecule has 2 aromatic heterocycles. The number of carboxylic acids is 1. The predicted molar refractivity (Wildman–Crippen MR) is 116 cm³/mol.